The largest absolute Gasteiger partial charge is 0.457 e. The van der Waals surface area contributed by atoms with E-state index >= 15 is 0 Å². The van der Waals surface area contributed by atoms with E-state index in [2.05, 4.69) is 0 Å². The monoisotopic (exact) mass is 271 g/mol. The third-order valence-electron chi connectivity index (χ3n) is 3.02. The van der Waals surface area contributed by atoms with Crippen molar-refractivity contribution in [2.75, 3.05) is 6.61 Å². The van der Waals surface area contributed by atoms with Gasteiger partial charge in [-0.25, -0.2) is 0 Å². The van der Waals surface area contributed by atoms with E-state index in [4.69, 9.17) is 15.6 Å². The van der Waals surface area contributed by atoms with Gasteiger partial charge < -0.3 is 15.6 Å². The predicted molar refractivity (Wildman–Crippen MR) is 77.0 cm³/mol. The molecular formula is C16H17NO3. The standard InChI is InChI=1S/C16H17NO3/c1-11-10-14(6-7-15(11)16(17)19)20-13-4-2-12(3-5-13)8-9-18/h2-7,10,18H,8-9H2,1H3,(H2,17,19). The molecule has 0 heterocycles. The number of hydrogen-bond donors (Lipinski definition) is 2. The molecule has 0 bridgehead atoms. The lowest BCUT2D eigenvalue weighted by Crippen LogP contribution is -2.12. The number of carbonyl (C=O) groups is 1. The number of carbonyl (C=O) groups excluding carboxylic acids is 1. The summed E-state index contributed by atoms with van der Waals surface area (Å²) < 4.78 is 5.71. The maximum atomic E-state index is 11.2. The third kappa shape index (κ3) is 3.36. The highest BCUT2D eigenvalue weighted by molar-refractivity contribution is 5.94. The Hall–Kier alpha value is -2.33. The first-order valence-corrected chi connectivity index (χ1v) is 6.38. The molecule has 20 heavy (non-hydrogen) atoms. The van der Waals surface area contributed by atoms with Crippen molar-refractivity contribution < 1.29 is 14.6 Å². The van der Waals surface area contributed by atoms with Gasteiger partial charge >= 0.3 is 0 Å². The fraction of sp³-hybridized carbons (Fsp3) is 0.188. The van der Waals surface area contributed by atoms with E-state index in [0.717, 1.165) is 11.1 Å². The van der Waals surface area contributed by atoms with Crippen LogP contribution in [0.4, 0.5) is 0 Å². The van der Waals surface area contributed by atoms with Gasteiger partial charge in [0.2, 0.25) is 5.91 Å². The highest BCUT2D eigenvalue weighted by atomic mass is 16.5. The Morgan fingerprint density at radius 2 is 1.80 bits per heavy atom. The summed E-state index contributed by atoms with van der Waals surface area (Å²) in [4.78, 5) is 11.2. The van der Waals surface area contributed by atoms with Gasteiger partial charge in [0, 0.05) is 12.2 Å². The molecule has 0 aliphatic heterocycles. The molecular weight excluding hydrogens is 254 g/mol. The smallest absolute Gasteiger partial charge is 0.248 e. The summed E-state index contributed by atoms with van der Waals surface area (Å²) in [5.41, 5.74) is 7.60. The summed E-state index contributed by atoms with van der Waals surface area (Å²) in [6, 6.07) is 12.7. The van der Waals surface area contributed by atoms with Gasteiger partial charge in [0.15, 0.2) is 0 Å². The second-order valence-electron chi connectivity index (χ2n) is 4.56. The van der Waals surface area contributed by atoms with Crippen molar-refractivity contribution in [1.29, 1.82) is 0 Å². The lowest BCUT2D eigenvalue weighted by Gasteiger charge is -2.09. The zero-order valence-electron chi connectivity index (χ0n) is 11.3. The topological polar surface area (TPSA) is 72.6 Å². The number of aliphatic hydroxyl groups excluding tert-OH is 1. The van der Waals surface area contributed by atoms with E-state index < -0.39 is 5.91 Å². The number of ether oxygens (including phenoxy) is 1. The molecule has 2 aromatic carbocycles. The number of nitrogens with two attached hydrogens (primary N) is 1. The minimum Gasteiger partial charge on any atom is -0.457 e. The number of aryl methyl sites for hydroxylation is 1. The SMILES string of the molecule is Cc1cc(Oc2ccc(CCO)cc2)ccc1C(N)=O. The van der Waals surface area contributed by atoms with E-state index in [1.807, 2.05) is 31.2 Å². The maximum absolute atomic E-state index is 11.2. The van der Waals surface area contributed by atoms with Crippen LogP contribution in [0.5, 0.6) is 11.5 Å². The Bertz CT molecular complexity index is 606. The molecule has 1 amide bonds. The molecule has 0 saturated carbocycles. The van der Waals surface area contributed by atoms with Crippen LogP contribution < -0.4 is 10.5 Å². The minimum atomic E-state index is -0.442. The van der Waals surface area contributed by atoms with Crippen LogP contribution in [0.2, 0.25) is 0 Å². The van der Waals surface area contributed by atoms with E-state index in [-0.39, 0.29) is 6.61 Å². The van der Waals surface area contributed by atoms with Crippen molar-refractivity contribution in [1.82, 2.24) is 0 Å². The average molecular weight is 271 g/mol. The first-order valence-electron chi connectivity index (χ1n) is 6.38. The number of amides is 1. The van der Waals surface area contributed by atoms with Crippen LogP contribution in [-0.2, 0) is 6.42 Å². The van der Waals surface area contributed by atoms with Gasteiger partial charge in [0.1, 0.15) is 11.5 Å². The summed E-state index contributed by atoms with van der Waals surface area (Å²) in [6.07, 6.45) is 0.632. The summed E-state index contributed by atoms with van der Waals surface area (Å²) in [6.45, 7) is 1.95. The van der Waals surface area contributed by atoms with Crippen LogP contribution >= 0.6 is 0 Å². The lowest BCUT2D eigenvalue weighted by molar-refractivity contribution is 0.0999. The Morgan fingerprint density at radius 1 is 1.15 bits per heavy atom. The Morgan fingerprint density at radius 3 is 2.35 bits per heavy atom. The zero-order valence-corrected chi connectivity index (χ0v) is 11.3. The molecule has 0 atom stereocenters. The Labute approximate surface area is 117 Å². The van der Waals surface area contributed by atoms with Gasteiger partial charge in [-0.3, -0.25) is 4.79 Å². The van der Waals surface area contributed by atoms with Gasteiger partial charge in [-0.2, -0.15) is 0 Å². The van der Waals surface area contributed by atoms with Crippen LogP contribution in [0.25, 0.3) is 0 Å². The molecule has 4 heteroatoms. The summed E-state index contributed by atoms with van der Waals surface area (Å²) in [5.74, 6) is 0.919. The summed E-state index contributed by atoms with van der Waals surface area (Å²) in [7, 11) is 0. The molecule has 2 rings (SSSR count). The Kier molecular flexibility index (Phi) is 4.38. The van der Waals surface area contributed by atoms with Gasteiger partial charge in [-0.15, -0.1) is 0 Å². The highest BCUT2D eigenvalue weighted by Gasteiger charge is 2.06. The molecule has 0 aromatic heterocycles. The molecule has 3 N–H and O–H groups in total. The average Bonchev–Trinajstić information content (AvgIpc) is 2.41. The normalized spacial score (nSPS) is 10.3. The maximum Gasteiger partial charge on any atom is 0.248 e. The van der Waals surface area contributed by atoms with Crippen molar-refractivity contribution in [3.8, 4) is 11.5 Å². The van der Waals surface area contributed by atoms with Gasteiger partial charge in [-0.05, 0) is 54.8 Å². The second kappa shape index (κ2) is 6.21. The first-order chi connectivity index (χ1) is 9.60. The predicted octanol–water partition coefficient (Wildman–Crippen LogP) is 2.42. The number of rotatable bonds is 5. The highest BCUT2D eigenvalue weighted by Crippen LogP contribution is 2.24. The van der Waals surface area contributed by atoms with Crippen LogP contribution in [0.15, 0.2) is 42.5 Å². The molecule has 0 saturated heterocycles. The van der Waals surface area contributed by atoms with Crippen molar-refractivity contribution in [3.05, 3.63) is 59.2 Å². The van der Waals surface area contributed by atoms with Gasteiger partial charge in [0.05, 0.1) is 0 Å². The molecule has 0 spiro atoms. The molecule has 2 aromatic rings. The van der Waals surface area contributed by atoms with Crippen LogP contribution in [0.1, 0.15) is 21.5 Å². The van der Waals surface area contributed by atoms with E-state index in [1.165, 1.54) is 0 Å². The van der Waals surface area contributed by atoms with Crippen LogP contribution in [0.3, 0.4) is 0 Å². The van der Waals surface area contributed by atoms with Crippen molar-refractivity contribution in [2.45, 2.75) is 13.3 Å². The number of aliphatic hydroxyl groups is 1. The van der Waals surface area contributed by atoms with Gasteiger partial charge in [0.25, 0.3) is 0 Å². The third-order valence-corrected chi connectivity index (χ3v) is 3.02. The van der Waals surface area contributed by atoms with Crippen molar-refractivity contribution >= 4 is 5.91 Å². The molecule has 0 aliphatic rings. The zero-order chi connectivity index (χ0) is 14.5. The van der Waals surface area contributed by atoms with Gasteiger partial charge in [-0.1, -0.05) is 12.1 Å². The molecule has 4 nitrogen and oxygen atoms in total. The summed E-state index contributed by atoms with van der Waals surface area (Å²) >= 11 is 0. The number of hydrogen-bond acceptors (Lipinski definition) is 3. The fourth-order valence-corrected chi connectivity index (χ4v) is 1.97. The molecule has 0 fully saturated rings. The lowest BCUT2D eigenvalue weighted by atomic mass is 10.1. The molecule has 0 aliphatic carbocycles. The summed E-state index contributed by atoms with van der Waals surface area (Å²) in [5, 5.41) is 8.86. The van der Waals surface area contributed by atoms with Crippen molar-refractivity contribution in [2.24, 2.45) is 5.73 Å². The fourth-order valence-electron chi connectivity index (χ4n) is 1.97. The van der Waals surface area contributed by atoms with E-state index in [0.29, 0.717) is 23.5 Å². The number of benzene rings is 2. The second-order valence-corrected chi connectivity index (χ2v) is 4.56. The first kappa shape index (κ1) is 14.1. The number of primary amides is 1. The molecule has 0 unspecified atom stereocenters. The minimum absolute atomic E-state index is 0.133. The quantitative estimate of drug-likeness (QED) is 0.877. The van der Waals surface area contributed by atoms with E-state index in [1.54, 1.807) is 18.2 Å². The van der Waals surface area contributed by atoms with Crippen LogP contribution in [0, 0.1) is 6.92 Å². The molecule has 0 radical (unpaired) electrons. The Balaban J connectivity index is 2.13. The molecule has 104 valence electrons. The van der Waals surface area contributed by atoms with Crippen molar-refractivity contribution in [3.63, 3.8) is 0 Å². The van der Waals surface area contributed by atoms with Crippen LogP contribution in [-0.4, -0.2) is 17.6 Å². The van der Waals surface area contributed by atoms with E-state index in [9.17, 15) is 4.79 Å².